The quantitative estimate of drug-likeness (QED) is 0.147. The average molecular weight is 667 g/mol. The van der Waals surface area contributed by atoms with E-state index in [1.807, 2.05) is 13.8 Å². The molecule has 4 aromatic carbocycles. The highest BCUT2D eigenvalue weighted by Gasteiger charge is 2.20. The van der Waals surface area contributed by atoms with Crippen molar-refractivity contribution >= 4 is 51.3 Å². The number of halogens is 2. The Kier molecular flexibility index (Phi) is 11.6. The molecule has 0 fully saturated rings. The summed E-state index contributed by atoms with van der Waals surface area (Å²) in [5, 5.41) is 30.7. The van der Waals surface area contributed by atoms with Crippen LogP contribution in [-0.2, 0) is 11.2 Å². The number of carboxylic acid groups (broad SMARTS) is 3. The number of nitrogens with one attached hydrogen (secondary N) is 1. The lowest BCUT2D eigenvalue weighted by atomic mass is 9.94. The van der Waals surface area contributed by atoms with Gasteiger partial charge in [-0.3, -0.25) is 9.59 Å². The van der Waals surface area contributed by atoms with Gasteiger partial charge >= 0.3 is 17.9 Å². The molecule has 4 rings (SSSR count). The van der Waals surface area contributed by atoms with Gasteiger partial charge in [0.2, 0.25) is 0 Å². The number of amides is 1. The van der Waals surface area contributed by atoms with E-state index in [-0.39, 0.29) is 18.4 Å². The van der Waals surface area contributed by atoms with Crippen LogP contribution in [0.25, 0.3) is 11.1 Å². The Bertz CT molecular complexity index is 1670. The molecule has 0 spiro atoms. The Hall–Kier alpha value is -4.47. The molecular formula is C33H29BrClNO7. The maximum atomic E-state index is 13.0. The fourth-order valence-electron chi connectivity index (χ4n) is 4.27. The van der Waals surface area contributed by atoms with Crippen molar-refractivity contribution in [2.45, 2.75) is 32.7 Å². The van der Waals surface area contributed by atoms with Crippen LogP contribution in [0.4, 0.5) is 0 Å². The number of benzene rings is 4. The predicted molar refractivity (Wildman–Crippen MR) is 168 cm³/mol. The zero-order valence-electron chi connectivity index (χ0n) is 23.3. The normalized spacial score (nSPS) is 11.1. The Balaban J connectivity index is 0.000000386. The van der Waals surface area contributed by atoms with Crippen LogP contribution in [0, 0.1) is 13.8 Å². The van der Waals surface area contributed by atoms with Crippen molar-refractivity contribution < 1.29 is 34.5 Å². The summed E-state index contributed by atoms with van der Waals surface area (Å²) in [6.07, 6.45) is -0.00416. The summed E-state index contributed by atoms with van der Waals surface area (Å²) in [5.41, 5.74) is 4.46. The molecule has 0 aliphatic carbocycles. The van der Waals surface area contributed by atoms with E-state index >= 15 is 0 Å². The van der Waals surface area contributed by atoms with Crippen LogP contribution in [0.5, 0.6) is 0 Å². The van der Waals surface area contributed by atoms with Crippen molar-refractivity contribution in [1.82, 2.24) is 5.32 Å². The van der Waals surface area contributed by atoms with Gasteiger partial charge < -0.3 is 20.6 Å². The average Bonchev–Trinajstić information content (AvgIpc) is 2.95. The third-order valence-electron chi connectivity index (χ3n) is 6.55. The van der Waals surface area contributed by atoms with Gasteiger partial charge in [0.25, 0.3) is 5.91 Å². The van der Waals surface area contributed by atoms with Crippen LogP contribution >= 0.6 is 27.5 Å². The number of aliphatic carboxylic acids is 1. The maximum Gasteiger partial charge on any atom is 0.336 e. The van der Waals surface area contributed by atoms with E-state index in [4.69, 9.17) is 16.7 Å². The SMILES string of the molecule is Cc1ccc(C(=O)N[C@@H](CC(=O)O)Cc2ccccc2Cl)cc1-c1ccccc1C(=O)O.Cc1ccc(C(=O)O)cc1Br. The fourth-order valence-corrected chi connectivity index (χ4v) is 4.86. The molecule has 0 aliphatic heterocycles. The molecule has 0 radical (unpaired) electrons. The van der Waals surface area contributed by atoms with Crippen molar-refractivity contribution in [3.8, 4) is 11.1 Å². The van der Waals surface area contributed by atoms with E-state index in [1.165, 1.54) is 6.07 Å². The monoisotopic (exact) mass is 665 g/mol. The second-order valence-corrected chi connectivity index (χ2v) is 11.0. The van der Waals surface area contributed by atoms with Gasteiger partial charge in [0, 0.05) is 21.1 Å². The molecule has 10 heteroatoms. The molecule has 0 heterocycles. The lowest BCUT2D eigenvalue weighted by Crippen LogP contribution is -2.38. The van der Waals surface area contributed by atoms with E-state index < -0.39 is 29.9 Å². The molecule has 0 saturated carbocycles. The number of carboxylic acids is 3. The first kappa shape index (κ1) is 33.0. The standard InChI is InChI=1S/C25H22ClNO5.C8H7BrO2/c1-15-10-11-17(13-21(15)19-7-3-4-8-20(19)25(31)32)24(30)27-18(14-23(28)29)12-16-6-2-5-9-22(16)26;1-5-2-3-6(8(10)11)4-7(5)9/h2-11,13,18H,12,14H2,1H3,(H,27,30)(H,28,29)(H,31,32);2-4H,1H3,(H,10,11)/t18-;/m1./s1. The lowest BCUT2D eigenvalue weighted by Gasteiger charge is -2.19. The Morgan fingerprint density at radius 2 is 1.40 bits per heavy atom. The largest absolute Gasteiger partial charge is 0.481 e. The molecule has 4 N–H and O–H groups in total. The first-order chi connectivity index (χ1) is 20.4. The number of rotatable bonds is 9. The van der Waals surface area contributed by atoms with Gasteiger partial charge in [-0.05, 0) is 84.5 Å². The molecule has 0 aliphatic rings. The molecule has 4 aromatic rings. The summed E-state index contributed by atoms with van der Waals surface area (Å²) in [4.78, 5) is 46.4. The van der Waals surface area contributed by atoms with Crippen molar-refractivity contribution in [2.24, 2.45) is 0 Å². The summed E-state index contributed by atoms with van der Waals surface area (Å²) in [5.74, 6) is -3.44. The summed E-state index contributed by atoms with van der Waals surface area (Å²) >= 11 is 9.45. The highest BCUT2D eigenvalue weighted by atomic mass is 79.9. The number of carbonyl (C=O) groups is 4. The Morgan fingerprint density at radius 3 is 2.02 bits per heavy atom. The topological polar surface area (TPSA) is 141 Å². The van der Waals surface area contributed by atoms with Gasteiger partial charge in [-0.25, -0.2) is 9.59 Å². The molecule has 8 nitrogen and oxygen atoms in total. The second-order valence-electron chi connectivity index (χ2n) is 9.71. The van der Waals surface area contributed by atoms with Gasteiger partial charge in [-0.1, -0.05) is 76.1 Å². The maximum absolute atomic E-state index is 13.0. The van der Waals surface area contributed by atoms with E-state index in [0.29, 0.717) is 27.3 Å². The van der Waals surface area contributed by atoms with Crippen LogP contribution in [0.1, 0.15) is 54.2 Å². The van der Waals surface area contributed by atoms with Crippen LogP contribution in [0.3, 0.4) is 0 Å². The molecule has 1 amide bonds. The van der Waals surface area contributed by atoms with Gasteiger partial charge in [0.1, 0.15) is 0 Å². The minimum absolute atomic E-state index is 0.135. The van der Waals surface area contributed by atoms with Crippen LogP contribution in [-0.4, -0.2) is 45.2 Å². The zero-order chi connectivity index (χ0) is 31.7. The van der Waals surface area contributed by atoms with Crippen LogP contribution in [0.15, 0.2) is 89.4 Å². The van der Waals surface area contributed by atoms with Crippen molar-refractivity contribution in [3.05, 3.63) is 128 Å². The number of aromatic carboxylic acids is 2. The van der Waals surface area contributed by atoms with Crippen LogP contribution < -0.4 is 5.32 Å². The number of hydrogen-bond donors (Lipinski definition) is 4. The Labute approximate surface area is 262 Å². The summed E-state index contributed by atoms with van der Waals surface area (Å²) in [6.45, 7) is 3.75. The second kappa shape index (κ2) is 15.1. The minimum Gasteiger partial charge on any atom is -0.481 e. The summed E-state index contributed by atoms with van der Waals surface area (Å²) in [7, 11) is 0. The van der Waals surface area contributed by atoms with Crippen molar-refractivity contribution in [3.63, 3.8) is 0 Å². The predicted octanol–water partition coefficient (Wildman–Crippen LogP) is 7.29. The third-order valence-corrected chi connectivity index (χ3v) is 7.77. The molecule has 1 atom stereocenters. The van der Waals surface area contributed by atoms with Crippen molar-refractivity contribution in [2.75, 3.05) is 0 Å². The molecule has 0 saturated heterocycles. The van der Waals surface area contributed by atoms with E-state index in [0.717, 1.165) is 21.2 Å². The zero-order valence-corrected chi connectivity index (χ0v) is 25.6. The van der Waals surface area contributed by atoms with E-state index in [1.54, 1.807) is 78.9 Å². The number of aryl methyl sites for hydroxylation is 2. The molecule has 222 valence electrons. The van der Waals surface area contributed by atoms with Gasteiger partial charge in [0.15, 0.2) is 0 Å². The first-order valence-corrected chi connectivity index (χ1v) is 14.2. The smallest absolute Gasteiger partial charge is 0.336 e. The molecule has 0 aromatic heterocycles. The number of hydrogen-bond acceptors (Lipinski definition) is 4. The van der Waals surface area contributed by atoms with Gasteiger partial charge in [-0.2, -0.15) is 0 Å². The molecule has 0 bridgehead atoms. The summed E-state index contributed by atoms with van der Waals surface area (Å²) < 4.78 is 0.831. The fraction of sp³-hybridized carbons (Fsp3) is 0.152. The van der Waals surface area contributed by atoms with Gasteiger partial charge in [-0.15, -0.1) is 0 Å². The van der Waals surface area contributed by atoms with Crippen molar-refractivity contribution in [1.29, 1.82) is 0 Å². The molecule has 43 heavy (non-hydrogen) atoms. The highest BCUT2D eigenvalue weighted by Crippen LogP contribution is 2.28. The van der Waals surface area contributed by atoms with Crippen LogP contribution in [0.2, 0.25) is 5.02 Å². The van der Waals surface area contributed by atoms with E-state index in [2.05, 4.69) is 21.2 Å². The number of carbonyl (C=O) groups excluding carboxylic acids is 1. The van der Waals surface area contributed by atoms with Gasteiger partial charge in [0.05, 0.1) is 17.5 Å². The van der Waals surface area contributed by atoms with E-state index in [9.17, 15) is 29.4 Å². The third kappa shape index (κ3) is 9.26. The Morgan fingerprint density at radius 1 is 0.767 bits per heavy atom. The summed E-state index contributed by atoms with van der Waals surface area (Å²) in [6, 6.07) is 22.9. The highest BCUT2D eigenvalue weighted by molar-refractivity contribution is 9.10. The first-order valence-electron chi connectivity index (χ1n) is 13.1. The molecule has 0 unspecified atom stereocenters. The lowest BCUT2D eigenvalue weighted by molar-refractivity contribution is -0.137. The molecular weight excluding hydrogens is 638 g/mol. The minimum atomic E-state index is -1.06.